The quantitative estimate of drug-likeness (QED) is 0.416. The van der Waals surface area contributed by atoms with E-state index in [-0.39, 0.29) is 0 Å². The molecule has 0 atom stereocenters. The van der Waals surface area contributed by atoms with Crippen molar-refractivity contribution in [1.29, 1.82) is 0 Å². The lowest BCUT2D eigenvalue weighted by Gasteiger charge is -2.00. The average Bonchev–Trinajstić information content (AvgIpc) is 1.86. The second-order valence-corrected chi connectivity index (χ2v) is 2.28. The highest BCUT2D eigenvalue weighted by atomic mass is 32.2. The summed E-state index contributed by atoms with van der Waals surface area (Å²) in [6.07, 6.45) is 4.98. The summed E-state index contributed by atoms with van der Waals surface area (Å²) in [7, 11) is 2.02. The first-order valence-electron chi connectivity index (χ1n) is 1.82. The van der Waals surface area contributed by atoms with Crippen LogP contribution in [0, 0.1) is 6.08 Å². The summed E-state index contributed by atoms with van der Waals surface area (Å²) in [4.78, 5) is 0. The third kappa shape index (κ3) is 0.684. The number of nitrogens with zero attached hydrogens (tertiary/aromatic N) is 1. The summed E-state index contributed by atoms with van der Waals surface area (Å²) in [6, 6.07) is 0. The molecular weight excluding hydrogens is 94.1 g/mol. The molecule has 0 spiro atoms. The minimum absolute atomic E-state index is 1.02. The third-order valence-corrected chi connectivity index (χ3v) is 1.43. The highest BCUT2D eigenvalue weighted by molar-refractivity contribution is 7.97. The van der Waals surface area contributed by atoms with E-state index in [2.05, 4.69) is 6.08 Å². The van der Waals surface area contributed by atoms with Gasteiger partial charge < -0.3 is 4.31 Å². The van der Waals surface area contributed by atoms with Gasteiger partial charge in [-0.2, -0.15) is 0 Å². The van der Waals surface area contributed by atoms with Crippen LogP contribution in [-0.2, 0) is 0 Å². The van der Waals surface area contributed by atoms with Crippen LogP contribution in [0.3, 0.4) is 0 Å². The van der Waals surface area contributed by atoms with Gasteiger partial charge in [0.2, 0.25) is 0 Å². The molecule has 0 aromatic rings. The van der Waals surface area contributed by atoms with Gasteiger partial charge in [0, 0.05) is 19.0 Å². The smallest absolute Gasteiger partial charge is 0.0403 e. The first-order valence-corrected chi connectivity index (χ1v) is 2.76. The SMILES string of the molecule is CN1C=[C]CS1. The van der Waals surface area contributed by atoms with E-state index in [1.807, 2.05) is 17.6 Å². The summed E-state index contributed by atoms with van der Waals surface area (Å²) in [5.74, 6) is 1.02. The monoisotopic (exact) mass is 100 g/mol. The molecule has 0 saturated heterocycles. The summed E-state index contributed by atoms with van der Waals surface area (Å²) in [5.41, 5.74) is 0. The van der Waals surface area contributed by atoms with E-state index in [1.54, 1.807) is 11.9 Å². The van der Waals surface area contributed by atoms with Crippen LogP contribution < -0.4 is 0 Å². The Bertz CT molecular complexity index is 69.9. The Kier molecular flexibility index (Phi) is 1.05. The molecule has 0 fully saturated rings. The third-order valence-electron chi connectivity index (χ3n) is 0.625. The zero-order chi connectivity index (χ0) is 4.41. The van der Waals surface area contributed by atoms with Gasteiger partial charge in [-0.15, -0.1) is 0 Å². The van der Waals surface area contributed by atoms with Gasteiger partial charge in [-0.25, -0.2) is 0 Å². The molecule has 0 aromatic carbocycles. The fraction of sp³-hybridized carbons (Fsp3) is 0.500. The lowest BCUT2D eigenvalue weighted by Crippen LogP contribution is -1.90. The van der Waals surface area contributed by atoms with Crippen molar-refractivity contribution in [3.63, 3.8) is 0 Å². The zero-order valence-electron chi connectivity index (χ0n) is 3.64. The largest absolute Gasteiger partial charge is 0.326 e. The molecule has 0 unspecified atom stereocenters. The zero-order valence-corrected chi connectivity index (χ0v) is 4.46. The maximum absolute atomic E-state index is 3.04. The number of hydrogen-bond donors (Lipinski definition) is 0. The predicted molar refractivity (Wildman–Crippen MR) is 28.0 cm³/mol. The van der Waals surface area contributed by atoms with Crippen LogP contribution in [0.2, 0.25) is 0 Å². The lowest BCUT2D eigenvalue weighted by atomic mass is 10.7. The van der Waals surface area contributed by atoms with E-state index >= 15 is 0 Å². The molecule has 0 amide bonds. The van der Waals surface area contributed by atoms with Gasteiger partial charge in [0.1, 0.15) is 0 Å². The molecule has 1 rings (SSSR count). The normalized spacial score (nSPS) is 19.8. The van der Waals surface area contributed by atoms with Gasteiger partial charge in [0.05, 0.1) is 0 Å². The van der Waals surface area contributed by atoms with Gasteiger partial charge >= 0.3 is 0 Å². The van der Waals surface area contributed by atoms with Crippen molar-refractivity contribution in [3.8, 4) is 0 Å². The van der Waals surface area contributed by atoms with Gasteiger partial charge in [-0.3, -0.25) is 0 Å². The van der Waals surface area contributed by atoms with Crippen molar-refractivity contribution in [2.45, 2.75) is 0 Å². The van der Waals surface area contributed by atoms with E-state index in [1.165, 1.54) is 0 Å². The molecule has 1 aliphatic rings. The van der Waals surface area contributed by atoms with Crippen LogP contribution in [0.15, 0.2) is 6.20 Å². The molecule has 1 heterocycles. The summed E-state index contributed by atoms with van der Waals surface area (Å²) in [6.45, 7) is 0. The molecular formula is C4H6NS. The highest BCUT2D eigenvalue weighted by Crippen LogP contribution is 2.12. The van der Waals surface area contributed by atoms with E-state index in [9.17, 15) is 0 Å². The first-order chi connectivity index (χ1) is 2.89. The van der Waals surface area contributed by atoms with Crippen LogP contribution >= 0.6 is 11.9 Å². The minimum Gasteiger partial charge on any atom is -0.326 e. The van der Waals surface area contributed by atoms with Crippen LogP contribution in [0.25, 0.3) is 0 Å². The van der Waals surface area contributed by atoms with Crippen molar-refractivity contribution in [2.75, 3.05) is 12.8 Å². The van der Waals surface area contributed by atoms with Crippen LogP contribution in [-0.4, -0.2) is 17.1 Å². The van der Waals surface area contributed by atoms with E-state index < -0.39 is 0 Å². The maximum Gasteiger partial charge on any atom is 0.0403 e. The molecule has 0 bridgehead atoms. The summed E-state index contributed by atoms with van der Waals surface area (Å²) in [5, 5.41) is 0. The van der Waals surface area contributed by atoms with Crippen molar-refractivity contribution in [1.82, 2.24) is 4.31 Å². The van der Waals surface area contributed by atoms with Gasteiger partial charge in [0.25, 0.3) is 0 Å². The molecule has 6 heavy (non-hydrogen) atoms. The number of hydrogen-bond acceptors (Lipinski definition) is 2. The van der Waals surface area contributed by atoms with Crippen LogP contribution in [0.5, 0.6) is 0 Å². The van der Waals surface area contributed by atoms with Gasteiger partial charge in [0.15, 0.2) is 0 Å². The Labute approximate surface area is 42.2 Å². The molecule has 1 nitrogen and oxygen atoms in total. The van der Waals surface area contributed by atoms with E-state index in [4.69, 9.17) is 0 Å². The predicted octanol–water partition coefficient (Wildman–Crippen LogP) is 0.897. The molecule has 0 aromatic heterocycles. The Balaban J connectivity index is 2.38. The topological polar surface area (TPSA) is 3.24 Å². The van der Waals surface area contributed by atoms with Gasteiger partial charge in [-0.05, 0) is 18.0 Å². The maximum atomic E-state index is 3.04. The molecule has 1 aliphatic heterocycles. The Morgan fingerprint density at radius 1 is 2.00 bits per heavy atom. The van der Waals surface area contributed by atoms with Crippen molar-refractivity contribution in [2.24, 2.45) is 0 Å². The van der Waals surface area contributed by atoms with Crippen molar-refractivity contribution in [3.05, 3.63) is 12.3 Å². The minimum atomic E-state index is 1.02. The Hall–Kier alpha value is -0.110. The average molecular weight is 100 g/mol. The van der Waals surface area contributed by atoms with Crippen molar-refractivity contribution >= 4 is 11.9 Å². The number of rotatable bonds is 0. The Morgan fingerprint density at radius 2 is 2.83 bits per heavy atom. The molecule has 0 N–H and O–H groups in total. The molecule has 0 aliphatic carbocycles. The Morgan fingerprint density at radius 3 is 3.00 bits per heavy atom. The van der Waals surface area contributed by atoms with E-state index in [0.29, 0.717) is 0 Å². The first kappa shape index (κ1) is 4.06. The van der Waals surface area contributed by atoms with Crippen LogP contribution in [0.4, 0.5) is 0 Å². The van der Waals surface area contributed by atoms with Crippen LogP contribution in [0.1, 0.15) is 0 Å². The molecule has 33 valence electrons. The van der Waals surface area contributed by atoms with Gasteiger partial charge in [-0.1, -0.05) is 0 Å². The highest BCUT2D eigenvalue weighted by Gasteiger charge is 1.94. The summed E-state index contributed by atoms with van der Waals surface area (Å²) < 4.78 is 2.04. The summed E-state index contributed by atoms with van der Waals surface area (Å²) >= 11 is 1.76. The van der Waals surface area contributed by atoms with E-state index in [0.717, 1.165) is 5.75 Å². The molecule has 2 heteroatoms. The second kappa shape index (κ2) is 1.56. The fourth-order valence-corrected chi connectivity index (χ4v) is 0.844. The fourth-order valence-electron chi connectivity index (χ4n) is 0.342. The molecule has 0 saturated carbocycles. The molecule has 1 radical (unpaired) electrons. The lowest BCUT2D eigenvalue weighted by molar-refractivity contribution is 0.787. The van der Waals surface area contributed by atoms with Crippen molar-refractivity contribution < 1.29 is 0 Å². The second-order valence-electron chi connectivity index (χ2n) is 1.15. The standard InChI is InChI=1S/C4H6NS/c1-5-3-2-4-6-5/h3H,4H2,1H3.